The number of nitrogens with one attached hydrogen (secondary N) is 1. The van der Waals surface area contributed by atoms with Crippen LogP contribution in [0.25, 0.3) is 0 Å². The number of aliphatic carboxylic acids is 1. The van der Waals surface area contributed by atoms with Gasteiger partial charge in [0.2, 0.25) is 0 Å². The van der Waals surface area contributed by atoms with Crippen LogP contribution in [0.3, 0.4) is 0 Å². The summed E-state index contributed by atoms with van der Waals surface area (Å²) in [5.74, 6) is -1.18. The quantitative estimate of drug-likeness (QED) is 0.542. The molecule has 0 aliphatic rings. The lowest BCUT2D eigenvalue weighted by molar-refractivity contribution is -0.139. The van der Waals surface area contributed by atoms with Crippen LogP contribution in [0.1, 0.15) is 6.92 Å². The van der Waals surface area contributed by atoms with E-state index >= 15 is 0 Å². The van der Waals surface area contributed by atoms with E-state index < -0.39 is 12.0 Å². The highest BCUT2D eigenvalue weighted by Gasteiger charge is 2.09. The van der Waals surface area contributed by atoms with Crippen molar-refractivity contribution in [1.82, 2.24) is 5.32 Å². The Balaban J connectivity index is 3.62. The minimum absolute atomic E-state index is 0.0248. The Morgan fingerprint density at radius 1 is 1.73 bits per heavy atom. The monoisotopic (exact) mass is 157 g/mol. The SMILES string of the molecule is C=CC(=O)CN[C@@H](C)C(=O)O. The van der Waals surface area contributed by atoms with E-state index in [2.05, 4.69) is 11.9 Å². The van der Waals surface area contributed by atoms with Gasteiger partial charge in [-0.15, -0.1) is 0 Å². The van der Waals surface area contributed by atoms with Crippen LogP contribution in [-0.2, 0) is 9.59 Å². The Kier molecular flexibility index (Phi) is 4.14. The molecule has 0 saturated heterocycles. The first-order valence-electron chi connectivity index (χ1n) is 3.19. The van der Waals surface area contributed by atoms with Crippen molar-refractivity contribution >= 4 is 11.8 Å². The number of carboxylic acids is 1. The zero-order valence-electron chi connectivity index (χ0n) is 6.33. The Labute approximate surface area is 64.9 Å². The third-order valence-corrected chi connectivity index (χ3v) is 1.18. The fraction of sp³-hybridized carbons (Fsp3) is 0.429. The molecule has 0 aromatic carbocycles. The molecule has 0 radical (unpaired) electrons. The van der Waals surface area contributed by atoms with Gasteiger partial charge in [-0.1, -0.05) is 6.58 Å². The van der Waals surface area contributed by atoms with Crippen LogP contribution in [0.4, 0.5) is 0 Å². The molecule has 0 saturated carbocycles. The third-order valence-electron chi connectivity index (χ3n) is 1.18. The van der Waals surface area contributed by atoms with Gasteiger partial charge in [-0.3, -0.25) is 14.9 Å². The Hall–Kier alpha value is -1.16. The Morgan fingerprint density at radius 3 is 2.64 bits per heavy atom. The summed E-state index contributed by atoms with van der Waals surface area (Å²) in [6.45, 7) is 4.74. The molecule has 4 nitrogen and oxygen atoms in total. The number of rotatable bonds is 5. The molecule has 0 aliphatic heterocycles. The molecule has 0 amide bonds. The van der Waals surface area contributed by atoms with E-state index in [-0.39, 0.29) is 12.3 Å². The molecule has 0 spiro atoms. The molecule has 0 rings (SSSR count). The van der Waals surface area contributed by atoms with E-state index in [1.165, 1.54) is 6.92 Å². The van der Waals surface area contributed by atoms with Crippen molar-refractivity contribution in [3.63, 3.8) is 0 Å². The van der Waals surface area contributed by atoms with Crippen LogP contribution in [0.2, 0.25) is 0 Å². The first-order valence-corrected chi connectivity index (χ1v) is 3.19. The molecule has 1 atom stereocenters. The maximum absolute atomic E-state index is 10.6. The first kappa shape index (κ1) is 9.84. The second-order valence-corrected chi connectivity index (χ2v) is 2.11. The van der Waals surface area contributed by atoms with Crippen molar-refractivity contribution in [3.05, 3.63) is 12.7 Å². The smallest absolute Gasteiger partial charge is 0.320 e. The van der Waals surface area contributed by atoms with Crippen LogP contribution < -0.4 is 5.32 Å². The second kappa shape index (κ2) is 4.62. The molecule has 0 aromatic heterocycles. The standard InChI is InChI=1S/C7H11NO3/c1-3-6(9)4-8-5(2)7(10)11/h3,5,8H,1,4H2,2H3,(H,10,11)/t5-/m0/s1. The Morgan fingerprint density at radius 2 is 2.27 bits per heavy atom. The third kappa shape index (κ3) is 4.27. The largest absolute Gasteiger partial charge is 0.480 e. The number of carboxylic acid groups (broad SMARTS) is 1. The van der Waals surface area contributed by atoms with Crippen LogP contribution >= 0.6 is 0 Å². The highest BCUT2D eigenvalue weighted by atomic mass is 16.4. The van der Waals surface area contributed by atoms with Gasteiger partial charge >= 0.3 is 5.97 Å². The number of hydrogen-bond acceptors (Lipinski definition) is 3. The second-order valence-electron chi connectivity index (χ2n) is 2.11. The molecule has 62 valence electrons. The van der Waals surface area contributed by atoms with Crippen LogP contribution in [-0.4, -0.2) is 29.4 Å². The lowest BCUT2D eigenvalue weighted by Crippen LogP contribution is -2.36. The molecule has 0 bridgehead atoms. The van der Waals surface area contributed by atoms with Crippen LogP contribution in [0, 0.1) is 0 Å². The van der Waals surface area contributed by atoms with E-state index in [1.54, 1.807) is 0 Å². The van der Waals surface area contributed by atoms with E-state index in [9.17, 15) is 9.59 Å². The molecule has 0 aromatic rings. The fourth-order valence-electron chi connectivity index (χ4n) is 0.413. The molecule has 0 unspecified atom stereocenters. The van der Waals surface area contributed by atoms with Crippen molar-refractivity contribution in [2.45, 2.75) is 13.0 Å². The van der Waals surface area contributed by atoms with Gasteiger partial charge in [0.25, 0.3) is 0 Å². The molecule has 0 aliphatic carbocycles. The van der Waals surface area contributed by atoms with Gasteiger partial charge in [-0.2, -0.15) is 0 Å². The number of ketones is 1. The summed E-state index contributed by atoms with van der Waals surface area (Å²) >= 11 is 0. The van der Waals surface area contributed by atoms with Crippen molar-refractivity contribution in [2.24, 2.45) is 0 Å². The average molecular weight is 157 g/mol. The minimum atomic E-state index is -0.970. The van der Waals surface area contributed by atoms with E-state index in [0.29, 0.717) is 0 Å². The summed E-state index contributed by atoms with van der Waals surface area (Å²) in [6.07, 6.45) is 1.15. The van der Waals surface area contributed by atoms with Gasteiger partial charge in [0.05, 0.1) is 6.54 Å². The molecule has 0 heterocycles. The summed E-state index contributed by atoms with van der Waals surface area (Å²) in [5, 5.41) is 10.9. The van der Waals surface area contributed by atoms with Crippen molar-refractivity contribution in [1.29, 1.82) is 0 Å². The summed E-state index contributed by atoms with van der Waals surface area (Å²) in [5.41, 5.74) is 0. The maximum atomic E-state index is 10.6. The van der Waals surface area contributed by atoms with Gasteiger partial charge in [0.15, 0.2) is 5.78 Å². The highest BCUT2D eigenvalue weighted by molar-refractivity contribution is 5.91. The number of carbonyl (C=O) groups excluding carboxylic acids is 1. The predicted octanol–water partition coefficient (Wildman–Crippen LogP) is -0.196. The normalized spacial score (nSPS) is 12.1. The topological polar surface area (TPSA) is 66.4 Å². The molecule has 0 fully saturated rings. The van der Waals surface area contributed by atoms with Gasteiger partial charge in [-0.25, -0.2) is 0 Å². The lowest BCUT2D eigenvalue weighted by Gasteiger charge is -2.05. The van der Waals surface area contributed by atoms with Crippen molar-refractivity contribution in [3.8, 4) is 0 Å². The van der Waals surface area contributed by atoms with Gasteiger partial charge in [0.1, 0.15) is 6.04 Å². The van der Waals surface area contributed by atoms with Gasteiger partial charge < -0.3 is 5.11 Å². The fourth-order valence-corrected chi connectivity index (χ4v) is 0.413. The summed E-state index contributed by atoms with van der Waals surface area (Å²) in [7, 11) is 0. The summed E-state index contributed by atoms with van der Waals surface area (Å²) in [4.78, 5) is 20.8. The van der Waals surface area contributed by atoms with Crippen molar-refractivity contribution < 1.29 is 14.7 Å². The molecule has 11 heavy (non-hydrogen) atoms. The maximum Gasteiger partial charge on any atom is 0.320 e. The Bertz CT molecular complexity index is 177. The van der Waals surface area contributed by atoms with Gasteiger partial charge in [-0.05, 0) is 13.0 Å². The summed E-state index contributed by atoms with van der Waals surface area (Å²) in [6, 6.07) is -0.695. The first-order chi connectivity index (χ1) is 5.07. The van der Waals surface area contributed by atoms with E-state index in [1.807, 2.05) is 0 Å². The number of carbonyl (C=O) groups is 2. The average Bonchev–Trinajstić information content (AvgIpc) is 1.99. The van der Waals surface area contributed by atoms with Gasteiger partial charge in [0, 0.05) is 0 Å². The highest BCUT2D eigenvalue weighted by Crippen LogP contribution is 1.80. The van der Waals surface area contributed by atoms with E-state index in [0.717, 1.165) is 6.08 Å². The lowest BCUT2D eigenvalue weighted by atomic mass is 10.3. The molecular weight excluding hydrogens is 146 g/mol. The zero-order valence-corrected chi connectivity index (χ0v) is 6.33. The van der Waals surface area contributed by atoms with Crippen molar-refractivity contribution in [2.75, 3.05) is 6.54 Å². The molecular formula is C7H11NO3. The van der Waals surface area contributed by atoms with Crippen LogP contribution in [0.5, 0.6) is 0 Å². The number of hydrogen-bond donors (Lipinski definition) is 2. The predicted molar refractivity (Wildman–Crippen MR) is 40.3 cm³/mol. The zero-order chi connectivity index (χ0) is 8.85. The molecule has 4 heteroatoms. The minimum Gasteiger partial charge on any atom is -0.480 e. The molecule has 2 N–H and O–H groups in total. The van der Waals surface area contributed by atoms with E-state index in [4.69, 9.17) is 5.11 Å². The van der Waals surface area contributed by atoms with Crippen LogP contribution in [0.15, 0.2) is 12.7 Å². The summed E-state index contributed by atoms with van der Waals surface area (Å²) < 4.78 is 0.